The number of benzene rings is 2. The van der Waals surface area contributed by atoms with Crippen molar-refractivity contribution in [3.05, 3.63) is 75.2 Å². The first-order valence-corrected chi connectivity index (χ1v) is 9.55. The maximum absolute atomic E-state index is 12.0. The van der Waals surface area contributed by atoms with Gasteiger partial charge in [-0.25, -0.2) is 4.79 Å². The Bertz CT molecular complexity index is 1040. The van der Waals surface area contributed by atoms with Crippen molar-refractivity contribution in [3.8, 4) is 11.5 Å². The van der Waals surface area contributed by atoms with Gasteiger partial charge in [0, 0.05) is 10.0 Å². The number of esters is 1. The maximum Gasteiger partial charge on any atom is 0.437 e. The largest absolute Gasteiger partial charge is 0.454 e. The van der Waals surface area contributed by atoms with Crippen molar-refractivity contribution >= 4 is 27.8 Å². The highest BCUT2D eigenvalue weighted by Gasteiger charge is 2.16. The Balaban J connectivity index is 1.51. The van der Waals surface area contributed by atoms with Crippen molar-refractivity contribution in [1.29, 1.82) is 0 Å². The zero-order valence-corrected chi connectivity index (χ0v) is 17.1. The van der Waals surface area contributed by atoms with Gasteiger partial charge in [0.15, 0.2) is 6.61 Å². The van der Waals surface area contributed by atoms with E-state index in [9.17, 15) is 14.4 Å². The van der Waals surface area contributed by atoms with Crippen molar-refractivity contribution in [2.75, 3.05) is 6.61 Å². The Kier molecular flexibility index (Phi) is 6.61. The zero-order valence-electron chi connectivity index (χ0n) is 15.5. The molecule has 0 aliphatic carbocycles. The molecule has 1 amide bonds. The van der Waals surface area contributed by atoms with E-state index in [2.05, 4.69) is 26.3 Å². The van der Waals surface area contributed by atoms with Crippen LogP contribution in [0.1, 0.15) is 18.5 Å². The first-order valence-electron chi connectivity index (χ1n) is 8.76. The summed E-state index contributed by atoms with van der Waals surface area (Å²) >= 11 is 3.35. The number of nitrogens with one attached hydrogen (secondary N) is 1. The lowest BCUT2D eigenvalue weighted by atomic mass is 10.1. The van der Waals surface area contributed by atoms with Gasteiger partial charge in [0.25, 0.3) is 5.91 Å². The van der Waals surface area contributed by atoms with Crippen LogP contribution >= 0.6 is 15.9 Å². The van der Waals surface area contributed by atoms with E-state index in [-0.39, 0.29) is 11.9 Å². The van der Waals surface area contributed by atoms with Gasteiger partial charge >= 0.3 is 11.7 Å². The number of aromatic nitrogens is 2. The monoisotopic (exact) mass is 459 g/mol. The quantitative estimate of drug-likeness (QED) is 0.544. The van der Waals surface area contributed by atoms with Crippen LogP contribution in [0.4, 0.5) is 0 Å². The van der Waals surface area contributed by atoms with Crippen molar-refractivity contribution in [2.24, 2.45) is 0 Å². The molecule has 3 rings (SSSR count). The Morgan fingerprint density at radius 3 is 2.55 bits per heavy atom. The molecule has 29 heavy (non-hydrogen) atoms. The Hall–Kier alpha value is -3.20. The molecule has 3 aromatic rings. The smallest absolute Gasteiger partial charge is 0.437 e. The fraction of sp³-hybridized carbons (Fsp3) is 0.200. The van der Waals surface area contributed by atoms with Crippen LogP contribution in [0.2, 0.25) is 0 Å². The lowest BCUT2D eigenvalue weighted by Crippen LogP contribution is -2.32. The standard InChI is InChI=1S/C20H18BrN3O5/c1-13(14-7-9-16(21)10-8-14)22-17(25)12-28-18(26)11-24-20(27)29-19(23-24)15-5-3-2-4-6-15/h2-10,13H,11-12H2,1H3,(H,22,25). The number of halogens is 1. The van der Waals surface area contributed by atoms with E-state index >= 15 is 0 Å². The summed E-state index contributed by atoms with van der Waals surface area (Å²) in [4.78, 5) is 35.8. The summed E-state index contributed by atoms with van der Waals surface area (Å²) in [7, 11) is 0. The minimum Gasteiger partial charge on any atom is -0.454 e. The van der Waals surface area contributed by atoms with Crippen molar-refractivity contribution in [3.63, 3.8) is 0 Å². The van der Waals surface area contributed by atoms with Crippen LogP contribution in [0.25, 0.3) is 11.5 Å². The van der Waals surface area contributed by atoms with Gasteiger partial charge in [0.1, 0.15) is 6.54 Å². The SMILES string of the molecule is CC(NC(=O)COC(=O)Cn1nc(-c2ccccc2)oc1=O)c1ccc(Br)cc1. The number of rotatable bonds is 7. The van der Waals surface area contributed by atoms with Crippen LogP contribution in [0.3, 0.4) is 0 Å². The number of carbonyl (C=O) groups is 2. The third-order valence-electron chi connectivity index (χ3n) is 4.02. The molecule has 1 aromatic heterocycles. The fourth-order valence-electron chi connectivity index (χ4n) is 2.54. The highest BCUT2D eigenvalue weighted by Crippen LogP contribution is 2.16. The van der Waals surface area contributed by atoms with Gasteiger partial charge in [-0.2, -0.15) is 4.68 Å². The molecular formula is C20H18BrN3O5. The second-order valence-corrected chi connectivity index (χ2v) is 7.11. The van der Waals surface area contributed by atoms with E-state index in [0.29, 0.717) is 5.56 Å². The van der Waals surface area contributed by atoms with Crippen molar-refractivity contribution in [1.82, 2.24) is 15.1 Å². The van der Waals surface area contributed by atoms with Crippen LogP contribution in [-0.4, -0.2) is 28.3 Å². The summed E-state index contributed by atoms with van der Waals surface area (Å²) < 4.78 is 11.8. The molecule has 9 heteroatoms. The molecule has 0 fully saturated rings. The highest BCUT2D eigenvalue weighted by molar-refractivity contribution is 9.10. The Labute approximate surface area is 174 Å². The summed E-state index contributed by atoms with van der Waals surface area (Å²) in [5.74, 6) is -1.91. The molecule has 0 radical (unpaired) electrons. The zero-order chi connectivity index (χ0) is 20.8. The number of amides is 1. The second-order valence-electron chi connectivity index (χ2n) is 6.20. The molecule has 0 saturated carbocycles. The molecule has 0 aliphatic heterocycles. The van der Waals surface area contributed by atoms with Crippen LogP contribution in [-0.2, 0) is 20.9 Å². The number of hydrogen-bond acceptors (Lipinski definition) is 6. The average Bonchev–Trinajstić information content (AvgIpc) is 3.08. The van der Waals surface area contributed by atoms with Gasteiger partial charge < -0.3 is 14.5 Å². The molecule has 1 N–H and O–H groups in total. The highest BCUT2D eigenvalue weighted by atomic mass is 79.9. The molecule has 0 spiro atoms. The second kappa shape index (κ2) is 9.33. The molecule has 0 saturated heterocycles. The molecule has 1 atom stereocenters. The van der Waals surface area contributed by atoms with Gasteiger partial charge in [-0.05, 0) is 36.8 Å². The molecule has 1 unspecified atom stereocenters. The molecule has 2 aromatic carbocycles. The predicted molar refractivity (Wildman–Crippen MR) is 108 cm³/mol. The minimum absolute atomic E-state index is 0.101. The molecule has 0 bridgehead atoms. The van der Waals surface area contributed by atoms with E-state index in [1.54, 1.807) is 24.3 Å². The Morgan fingerprint density at radius 1 is 1.17 bits per heavy atom. The third kappa shape index (κ3) is 5.64. The first-order chi connectivity index (χ1) is 13.9. The van der Waals surface area contributed by atoms with Crippen LogP contribution in [0.15, 0.2) is 68.3 Å². The number of ether oxygens (including phenoxy) is 1. The van der Waals surface area contributed by atoms with E-state index in [4.69, 9.17) is 9.15 Å². The van der Waals surface area contributed by atoms with E-state index in [0.717, 1.165) is 14.7 Å². The number of carbonyl (C=O) groups excluding carboxylic acids is 2. The summed E-state index contributed by atoms with van der Waals surface area (Å²) in [6, 6.07) is 16.1. The fourth-order valence-corrected chi connectivity index (χ4v) is 2.80. The van der Waals surface area contributed by atoms with Gasteiger partial charge in [-0.3, -0.25) is 9.59 Å². The summed E-state index contributed by atoms with van der Waals surface area (Å²) in [6.45, 7) is 0.908. The van der Waals surface area contributed by atoms with Crippen molar-refractivity contribution in [2.45, 2.75) is 19.5 Å². The van der Waals surface area contributed by atoms with Gasteiger partial charge in [-0.15, -0.1) is 5.10 Å². The van der Waals surface area contributed by atoms with E-state index < -0.39 is 30.8 Å². The summed E-state index contributed by atoms with van der Waals surface area (Å²) in [5.41, 5.74) is 1.52. The average molecular weight is 460 g/mol. The number of hydrogen-bond donors (Lipinski definition) is 1. The Morgan fingerprint density at radius 2 is 1.86 bits per heavy atom. The predicted octanol–water partition coefficient (Wildman–Crippen LogP) is 2.69. The summed E-state index contributed by atoms with van der Waals surface area (Å²) in [5, 5.41) is 6.71. The first kappa shape index (κ1) is 20.5. The molecule has 150 valence electrons. The minimum atomic E-state index is -0.783. The molecular weight excluding hydrogens is 442 g/mol. The van der Waals surface area contributed by atoms with Crippen LogP contribution < -0.4 is 11.1 Å². The van der Waals surface area contributed by atoms with Gasteiger partial charge in [-0.1, -0.05) is 46.3 Å². The lowest BCUT2D eigenvalue weighted by molar-refractivity contribution is -0.149. The summed E-state index contributed by atoms with van der Waals surface area (Å²) in [6.07, 6.45) is 0. The third-order valence-corrected chi connectivity index (χ3v) is 4.55. The topological polar surface area (TPSA) is 103 Å². The van der Waals surface area contributed by atoms with Gasteiger partial charge in [0.2, 0.25) is 5.89 Å². The number of nitrogens with zero attached hydrogens (tertiary/aromatic N) is 2. The van der Waals surface area contributed by atoms with Crippen LogP contribution in [0.5, 0.6) is 0 Å². The van der Waals surface area contributed by atoms with Crippen LogP contribution in [0, 0.1) is 0 Å². The van der Waals surface area contributed by atoms with E-state index in [1.165, 1.54) is 0 Å². The van der Waals surface area contributed by atoms with E-state index in [1.807, 2.05) is 37.3 Å². The molecule has 8 nitrogen and oxygen atoms in total. The van der Waals surface area contributed by atoms with Gasteiger partial charge in [0.05, 0.1) is 6.04 Å². The maximum atomic E-state index is 12.0. The lowest BCUT2D eigenvalue weighted by Gasteiger charge is -2.14. The van der Waals surface area contributed by atoms with Crippen molar-refractivity contribution < 1.29 is 18.7 Å². The molecule has 1 heterocycles. The molecule has 0 aliphatic rings. The normalized spacial score (nSPS) is 11.7.